The van der Waals surface area contributed by atoms with Gasteiger partial charge in [0, 0.05) is 18.9 Å². The highest BCUT2D eigenvalue weighted by atomic mass is 16.2. The molecule has 4 nitrogen and oxygen atoms in total. The van der Waals surface area contributed by atoms with E-state index in [1.54, 1.807) is 29.4 Å². The van der Waals surface area contributed by atoms with Gasteiger partial charge >= 0.3 is 0 Å². The number of aromatic nitrogens is 2. The van der Waals surface area contributed by atoms with E-state index < -0.39 is 0 Å². The average molecular weight is 225 g/mol. The highest BCUT2D eigenvalue weighted by molar-refractivity contribution is 5.92. The first-order chi connectivity index (χ1) is 8.34. The maximum atomic E-state index is 12.2. The molecular formula is C13H11N3O. The highest BCUT2D eigenvalue weighted by Crippen LogP contribution is 2.21. The number of pyridine rings is 2. The highest BCUT2D eigenvalue weighted by Gasteiger charge is 2.25. The molecule has 0 radical (unpaired) electrons. The van der Waals surface area contributed by atoms with Crippen LogP contribution in [0.5, 0.6) is 0 Å². The molecule has 4 heteroatoms. The fourth-order valence-electron chi connectivity index (χ4n) is 1.99. The zero-order valence-corrected chi connectivity index (χ0v) is 9.21. The van der Waals surface area contributed by atoms with Gasteiger partial charge < -0.3 is 4.90 Å². The third kappa shape index (κ3) is 1.78. The lowest BCUT2D eigenvalue weighted by Gasteiger charge is -2.13. The van der Waals surface area contributed by atoms with E-state index in [0.29, 0.717) is 18.8 Å². The monoisotopic (exact) mass is 225 g/mol. The molecule has 0 saturated heterocycles. The Morgan fingerprint density at radius 2 is 1.94 bits per heavy atom. The Bertz CT molecular complexity index is 529. The first-order valence-corrected chi connectivity index (χ1v) is 5.47. The van der Waals surface area contributed by atoms with Crippen LogP contribution >= 0.6 is 0 Å². The Hall–Kier alpha value is -2.23. The van der Waals surface area contributed by atoms with Crippen LogP contribution in [0.3, 0.4) is 0 Å². The maximum absolute atomic E-state index is 12.2. The minimum absolute atomic E-state index is 0.0383. The van der Waals surface area contributed by atoms with Crippen molar-refractivity contribution in [3.05, 3.63) is 59.7 Å². The fourth-order valence-corrected chi connectivity index (χ4v) is 1.99. The van der Waals surface area contributed by atoms with Crippen LogP contribution in [0.15, 0.2) is 42.7 Å². The second-order valence-corrected chi connectivity index (χ2v) is 3.99. The van der Waals surface area contributed by atoms with Crippen molar-refractivity contribution in [3.8, 4) is 0 Å². The number of hydrogen-bond donors (Lipinski definition) is 0. The summed E-state index contributed by atoms with van der Waals surface area (Å²) in [6.07, 6.45) is 3.39. The predicted molar refractivity (Wildman–Crippen MR) is 62.1 cm³/mol. The van der Waals surface area contributed by atoms with Crippen molar-refractivity contribution in [2.24, 2.45) is 0 Å². The van der Waals surface area contributed by atoms with Gasteiger partial charge in [-0.25, -0.2) is 0 Å². The van der Waals surface area contributed by atoms with Gasteiger partial charge in [-0.15, -0.1) is 0 Å². The summed E-state index contributed by atoms with van der Waals surface area (Å²) in [6, 6.07) is 9.26. The van der Waals surface area contributed by atoms with E-state index in [1.807, 2.05) is 18.2 Å². The van der Waals surface area contributed by atoms with Crippen molar-refractivity contribution >= 4 is 5.91 Å². The zero-order chi connectivity index (χ0) is 11.7. The molecule has 0 N–H and O–H groups in total. The summed E-state index contributed by atoms with van der Waals surface area (Å²) < 4.78 is 0. The van der Waals surface area contributed by atoms with Crippen molar-refractivity contribution < 1.29 is 4.79 Å². The van der Waals surface area contributed by atoms with Crippen LogP contribution in [0.4, 0.5) is 0 Å². The van der Waals surface area contributed by atoms with Crippen LogP contribution in [-0.2, 0) is 13.1 Å². The molecular weight excluding hydrogens is 214 g/mol. The number of amides is 1. The van der Waals surface area contributed by atoms with Gasteiger partial charge in [0.1, 0.15) is 5.69 Å². The first kappa shape index (κ1) is 9.96. The third-order valence-electron chi connectivity index (χ3n) is 2.86. The maximum Gasteiger partial charge on any atom is 0.273 e. The Morgan fingerprint density at radius 3 is 2.71 bits per heavy atom. The molecule has 2 aromatic rings. The van der Waals surface area contributed by atoms with Gasteiger partial charge in [0.05, 0.1) is 12.2 Å². The molecule has 1 aliphatic rings. The van der Waals surface area contributed by atoms with Gasteiger partial charge in [0.15, 0.2) is 0 Å². The smallest absolute Gasteiger partial charge is 0.273 e. The van der Waals surface area contributed by atoms with Crippen LogP contribution in [0.1, 0.15) is 21.7 Å². The van der Waals surface area contributed by atoms with Gasteiger partial charge in [-0.1, -0.05) is 12.1 Å². The van der Waals surface area contributed by atoms with E-state index in [1.165, 1.54) is 0 Å². The minimum atomic E-state index is -0.0383. The zero-order valence-electron chi connectivity index (χ0n) is 9.21. The summed E-state index contributed by atoms with van der Waals surface area (Å²) in [7, 11) is 0. The molecule has 0 saturated carbocycles. The van der Waals surface area contributed by atoms with E-state index in [2.05, 4.69) is 9.97 Å². The minimum Gasteiger partial charge on any atom is -0.327 e. The lowest BCUT2D eigenvalue weighted by atomic mass is 10.2. The van der Waals surface area contributed by atoms with E-state index in [-0.39, 0.29) is 5.91 Å². The Kier molecular flexibility index (Phi) is 2.33. The van der Waals surface area contributed by atoms with Gasteiger partial charge in [-0.3, -0.25) is 14.8 Å². The quantitative estimate of drug-likeness (QED) is 0.741. The number of fused-ring (bicyclic) bond motifs is 1. The Balaban J connectivity index is 1.84. The van der Waals surface area contributed by atoms with Gasteiger partial charge in [0.25, 0.3) is 5.91 Å². The van der Waals surface area contributed by atoms with Crippen LogP contribution in [0, 0.1) is 0 Å². The second-order valence-electron chi connectivity index (χ2n) is 3.99. The summed E-state index contributed by atoms with van der Waals surface area (Å²) >= 11 is 0. The van der Waals surface area contributed by atoms with Crippen molar-refractivity contribution in [1.82, 2.24) is 14.9 Å². The molecule has 0 spiro atoms. The largest absolute Gasteiger partial charge is 0.327 e. The number of carbonyl (C=O) groups is 1. The number of nitrogens with zero attached hydrogens (tertiary/aromatic N) is 3. The first-order valence-electron chi connectivity index (χ1n) is 5.47. The van der Waals surface area contributed by atoms with Crippen LogP contribution < -0.4 is 0 Å². The average Bonchev–Trinajstić information content (AvgIpc) is 2.82. The molecule has 0 fully saturated rings. The Labute approximate surface area is 98.9 Å². The molecule has 3 rings (SSSR count). The van der Waals surface area contributed by atoms with Gasteiger partial charge in [-0.05, 0) is 23.8 Å². The molecule has 1 aliphatic heterocycles. The molecule has 1 amide bonds. The van der Waals surface area contributed by atoms with E-state index in [0.717, 1.165) is 11.3 Å². The lowest BCUT2D eigenvalue weighted by molar-refractivity contribution is 0.0744. The van der Waals surface area contributed by atoms with Crippen molar-refractivity contribution in [2.45, 2.75) is 13.1 Å². The van der Waals surface area contributed by atoms with E-state index in [9.17, 15) is 4.79 Å². The topological polar surface area (TPSA) is 46.1 Å². The standard InChI is InChI=1S/C13H11N3O/c17-13(11-5-1-2-6-14-11)16-8-10-4-3-7-15-12(10)9-16/h1-7H,8-9H2. The Morgan fingerprint density at radius 1 is 1.06 bits per heavy atom. The summed E-state index contributed by atoms with van der Waals surface area (Å²) in [4.78, 5) is 22.3. The molecule has 2 aromatic heterocycles. The lowest BCUT2D eigenvalue weighted by Crippen LogP contribution is -2.26. The van der Waals surface area contributed by atoms with Crippen LogP contribution in [0.25, 0.3) is 0 Å². The number of rotatable bonds is 1. The van der Waals surface area contributed by atoms with Crippen LogP contribution in [-0.4, -0.2) is 20.8 Å². The molecule has 0 unspecified atom stereocenters. The summed E-state index contributed by atoms with van der Waals surface area (Å²) in [5.74, 6) is -0.0383. The predicted octanol–water partition coefficient (Wildman–Crippen LogP) is 1.63. The molecule has 17 heavy (non-hydrogen) atoms. The molecule has 3 heterocycles. The molecule has 0 atom stereocenters. The summed E-state index contributed by atoms with van der Waals surface area (Å²) in [5, 5.41) is 0. The molecule has 0 aromatic carbocycles. The third-order valence-corrected chi connectivity index (χ3v) is 2.86. The van der Waals surface area contributed by atoms with Crippen molar-refractivity contribution in [3.63, 3.8) is 0 Å². The van der Waals surface area contributed by atoms with Crippen molar-refractivity contribution in [1.29, 1.82) is 0 Å². The van der Waals surface area contributed by atoms with E-state index in [4.69, 9.17) is 0 Å². The fraction of sp³-hybridized carbons (Fsp3) is 0.154. The van der Waals surface area contributed by atoms with Crippen molar-refractivity contribution in [2.75, 3.05) is 0 Å². The number of hydrogen-bond acceptors (Lipinski definition) is 3. The summed E-state index contributed by atoms with van der Waals surface area (Å²) in [5.41, 5.74) is 2.59. The van der Waals surface area contributed by atoms with Gasteiger partial charge in [-0.2, -0.15) is 0 Å². The molecule has 0 bridgehead atoms. The SMILES string of the molecule is O=C(c1ccccn1)N1Cc2cccnc2C1. The summed E-state index contributed by atoms with van der Waals surface area (Å²) in [6.45, 7) is 1.20. The second kappa shape index (κ2) is 3.97. The van der Waals surface area contributed by atoms with Gasteiger partial charge in [0.2, 0.25) is 0 Å². The molecule has 84 valence electrons. The number of carbonyl (C=O) groups excluding carboxylic acids is 1. The molecule has 0 aliphatic carbocycles. The van der Waals surface area contributed by atoms with Crippen LogP contribution in [0.2, 0.25) is 0 Å². The van der Waals surface area contributed by atoms with E-state index >= 15 is 0 Å². The normalized spacial score (nSPS) is 13.5.